The standard InChI is InChI=1S/C17H19N3O/c18-17(21)15-12-20(10-13-6-2-1-3-7-13)11-14(15)16-8-4-5-9-19-16/h1-9,14-15H,10-12H2,(H2,18,21). The normalized spacial score (nSPS) is 22.3. The third kappa shape index (κ3) is 3.11. The molecule has 1 amide bonds. The van der Waals surface area contributed by atoms with Crippen LogP contribution in [0.15, 0.2) is 54.7 Å². The monoisotopic (exact) mass is 281 g/mol. The number of hydrogen-bond acceptors (Lipinski definition) is 3. The second-order valence-electron chi connectivity index (χ2n) is 5.55. The van der Waals surface area contributed by atoms with Gasteiger partial charge in [-0.05, 0) is 17.7 Å². The lowest BCUT2D eigenvalue weighted by atomic mass is 9.92. The maximum absolute atomic E-state index is 11.8. The maximum atomic E-state index is 11.8. The summed E-state index contributed by atoms with van der Waals surface area (Å²) in [7, 11) is 0. The van der Waals surface area contributed by atoms with E-state index in [-0.39, 0.29) is 17.7 Å². The van der Waals surface area contributed by atoms with Crippen molar-refractivity contribution < 1.29 is 4.79 Å². The number of benzene rings is 1. The molecule has 2 N–H and O–H groups in total. The van der Waals surface area contributed by atoms with E-state index >= 15 is 0 Å². The van der Waals surface area contributed by atoms with Crippen LogP contribution < -0.4 is 5.73 Å². The van der Waals surface area contributed by atoms with Crippen LogP contribution in [-0.2, 0) is 11.3 Å². The zero-order valence-corrected chi connectivity index (χ0v) is 11.9. The minimum atomic E-state index is -0.235. The summed E-state index contributed by atoms with van der Waals surface area (Å²) in [5.41, 5.74) is 7.80. The molecule has 1 aliphatic heterocycles. The number of hydrogen-bond donors (Lipinski definition) is 1. The number of rotatable bonds is 4. The van der Waals surface area contributed by atoms with E-state index < -0.39 is 0 Å². The van der Waals surface area contributed by atoms with Crippen molar-refractivity contribution in [3.05, 3.63) is 66.0 Å². The molecule has 2 atom stereocenters. The van der Waals surface area contributed by atoms with Gasteiger partial charge in [0.15, 0.2) is 0 Å². The van der Waals surface area contributed by atoms with Gasteiger partial charge in [-0.15, -0.1) is 0 Å². The molecule has 2 heterocycles. The molecule has 0 radical (unpaired) electrons. The molecular formula is C17H19N3O. The predicted octanol–water partition coefficient (Wildman–Crippen LogP) is 1.78. The van der Waals surface area contributed by atoms with E-state index in [1.807, 2.05) is 36.4 Å². The number of carbonyl (C=O) groups excluding carboxylic acids is 1. The first-order valence-corrected chi connectivity index (χ1v) is 7.20. The Balaban J connectivity index is 1.77. The van der Waals surface area contributed by atoms with Crippen molar-refractivity contribution in [1.82, 2.24) is 9.88 Å². The molecule has 108 valence electrons. The van der Waals surface area contributed by atoms with E-state index in [0.29, 0.717) is 6.54 Å². The molecule has 0 bridgehead atoms. The molecule has 2 aromatic rings. The number of pyridine rings is 1. The molecule has 1 fully saturated rings. The number of likely N-dealkylation sites (tertiary alicyclic amines) is 1. The van der Waals surface area contributed by atoms with Gasteiger partial charge >= 0.3 is 0 Å². The Kier molecular flexibility index (Phi) is 3.97. The topological polar surface area (TPSA) is 59.2 Å². The summed E-state index contributed by atoms with van der Waals surface area (Å²) in [5.74, 6) is -0.308. The van der Waals surface area contributed by atoms with Gasteiger partial charge in [-0.1, -0.05) is 36.4 Å². The fraction of sp³-hybridized carbons (Fsp3) is 0.294. The van der Waals surface area contributed by atoms with Crippen molar-refractivity contribution in [3.8, 4) is 0 Å². The molecule has 2 unspecified atom stereocenters. The fourth-order valence-corrected chi connectivity index (χ4v) is 3.04. The number of amides is 1. The zero-order valence-electron chi connectivity index (χ0n) is 11.9. The van der Waals surface area contributed by atoms with Crippen LogP contribution in [0, 0.1) is 5.92 Å². The molecule has 1 aromatic heterocycles. The average Bonchev–Trinajstić information content (AvgIpc) is 2.93. The van der Waals surface area contributed by atoms with Crippen molar-refractivity contribution in [2.24, 2.45) is 11.7 Å². The summed E-state index contributed by atoms with van der Waals surface area (Å²) in [6.07, 6.45) is 1.77. The smallest absolute Gasteiger partial charge is 0.222 e. The summed E-state index contributed by atoms with van der Waals surface area (Å²) in [6, 6.07) is 16.1. The van der Waals surface area contributed by atoms with Crippen LogP contribution in [-0.4, -0.2) is 28.9 Å². The Hall–Kier alpha value is -2.20. The van der Waals surface area contributed by atoms with E-state index in [0.717, 1.165) is 18.8 Å². The van der Waals surface area contributed by atoms with Crippen LogP contribution in [0.3, 0.4) is 0 Å². The third-order valence-corrected chi connectivity index (χ3v) is 4.08. The van der Waals surface area contributed by atoms with Gasteiger partial charge in [0.2, 0.25) is 5.91 Å². The van der Waals surface area contributed by atoms with Crippen molar-refractivity contribution in [3.63, 3.8) is 0 Å². The van der Waals surface area contributed by atoms with Crippen LogP contribution >= 0.6 is 0 Å². The van der Waals surface area contributed by atoms with Crippen LogP contribution in [0.25, 0.3) is 0 Å². The van der Waals surface area contributed by atoms with E-state index in [4.69, 9.17) is 5.73 Å². The van der Waals surface area contributed by atoms with Crippen LogP contribution in [0.4, 0.5) is 0 Å². The van der Waals surface area contributed by atoms with Crippen LogP contribution in [0.2, 0.25) is 0 Å². The lowest BCUT2D eigenvalue weighted by Crippen LogP contribution is -2.29. The van der Waals surface area contributed by atoms with Gasteiger partial charge in [0.1, 0.15) is 0 Å². The molecule has 0 aliphatic carbocycles. The zero-order chi connectivity index (χ0) is 14.7. The number of nitrogens with zero attached hydrogens (tertiary/aromatic N) is 2. The highest BCUT2D eigenvalue weighted by molar-refractivity contribution is 5.78. The fourth-order valence-electron chi connectivity index (χ4n) is 3.04. The van der Waals surface area contributed by atoms with Crippen LogP contribution in [0.1, 0.15) is 17.2 Å². The highest BCUT2D eigenvalue weighted by Gasteiger charge is 2.37. The van der Waals surface area contributed by atoms with Gasteiger partial charge in [-0.25, -0.2) is 0 Å². The highest BCUT2D eigenvalue weighted by Crippen LogP contribution is 2.32. The minimum absolute atomic E-state index is 0.0902. The Bertz CT molecular complexity index is 600. The van der Waals surface area contributed by atoms with Crippen LogP contribution in [0.5, 0.6) is 0 Å². The molecule has 21 heavy (non-hydrogen) atoms. The summed E-state index contributed by atoms with van der Waals surface area (Å²) < 4.78 is 0. The highest BCUT2D eigenvalue weighted by atomic mass is 16.1. The third-order valence-electron chi connectivity index (χ3n) is 4.08. The second-order valence-corrected chi connectivity index (χ2v) is 5.55. The van der Waals surface area contributed by atoms with Gasteiger partial charge in [0.05, 0.1) is 5.92 Å². The van der Waals surface area contributed by atoms with Crippen molar-refractivity contribution in [2.75, 3.05) is 13.1 Å². The summed E-state index contributed by atoms with van der Waals surface area (Å²) in [6.45, 7) is 2.36. The minimum Gasteiger partial charge on any atom is -0.369 e. The molecule has 1 aliphatic rings. The van der Waals surface area contributed by atoms with Gasteiger partial charge in [0, 0.05) is 37.4 Å². The average molecular weight is 281 g/mol. The molecular weight excluding hydrogens is 262 g/mol. The first-order valence-electron chi connectivity index (χ1n) is 7.20. The SMILES string of the molecule is NC(=O)C1CN(Cc2ccccc2)CC1c1ccccn1. The lowest BCUT2D eigenvalue weighted by molar-refractivity contribution is -0.121. The van der Waals surface area contributed by atoms with E-state index in [1.54, 1.807) is 6.20 Å². The second kappa shape index (κ2) is 6.06. The van der Waals surface area contributed by atoms with Gasteiger partial charge in [-0.3, -0.25) is 14.7 Å². The quantitative estimate of drug-likeness (QED) is 0.929. The number of nitrogens with two attached hydrogens (primary N) is 1. The molecule has 0 spiro atoms. The van der Waals surface area contributed by atoms with Crippen molar-refractivity contribution >= 4 is 5.91 Å². The van der Waals surface area contributed by atoms with Crippen molar-refractivity contribution in [1.29, 1.82) is 0 Å². The van der Waals surface area contributed by atoms with Gasteiger partial charge in [0.25, 0.3) is 0 Å². The number of aromatic nitrogens is 1. The van der Waals surface area contributed by atoms with Gasteiger partial charge < -0.3 is 5.73 Å². The van der Waals surface area contributed by atoms with Crippen molar-refractivity contribution in [2.45, 2.75) is 12.5 Å². The van der Waals surface area contributed by atoms with E-state index in [1.165, 1.54) is 5.56 Å². The summed E-state index contributed by atoms with van der Waals surface area (Å²) in [5, 5.41) is 0. The van der Waals surface area contributed by atoms with E-state index in [9.17, 15) is 4.79 Å². The number of primary amides is 1. The first-order chi connectivity index (χ1) is 10.2. The molecule has 1 saturated heterocycles. The van der Waals surface area contributed by atoms with Gasteiger partial charge in [-0.2, -0.15) is 0 Å². The largest absolute Gasteiger partial charge is 0.369 e. The summed E-state index contributed by atoms with van der Waals surface area (Å²) >= 11 is 0. The molecule has 1 aromatic carbocycles. The predicted molar refractivity (Wildman–Crippen MR) is 81.4 cm³/mol. The Morgan fingerprint density at radius 3 is 2.57 bits per heavy atom. The molecule has 0 saturated carbocycles. The van der Waals surface area contributed by atoms with E-state index in [2.05, 4.69) is 22.0 Å². The molecule has 3 rings (SSSR count). The lowest BCUT2D eigenvalue weighted by Gasteiger charge is -2.15. The summed E-state index contributed by atoms with van der Waals surface area (Å²) in [4.78, 5) is 18.4. The Morgan fingerprint density at radius 2 is 1.90 bits per heavy atom. The Morgan fingerprint density at radius 1 is 1.14 bits per heavy atom. The first kappa shape index (κ1) is 13.8. The molecule has 4 heteroatoms. The maximum Gasteiger partial charge on any atom is 0.222 e. The number of carbonyl (C=O) groups is 1. The Labute approximate surface area is 124 Å². The molecule has 4 nitrogen and oxygen atoms in total.